The van der Waals surface area contributed by atoms with Gasteiger partial charge in [0.25, 0.3) is 0 Å². The molecule has 0 spiro atoms. The average Bonchev–Trinajstić information content (AvgIpc) is 1.83. The van der Waals surface area contributed by atoms with Crippen molar-refractivity contribution >= 4 is 0 Å². The third kappa shape index (κ3) is 5.84. The Balaban J connectivity index is 3.06. The molecule has 0 fully saturated rings. The minimum Gasteiger partial charge on any atom is -0.393 e. The average molecular weight is 129 g/mol. The summed E-state index contributed by atoms with van der Waals surface area (Å²) in [5, 5.41) is 9.09. The van der Waals surface area contributed by atoms with Crippen molar-refractivity contribution < 1.29 is 5.11 Å². The molecule has 1 unspecified atom stereocenters. The lowest BCUT2D eigenvalue weighted by Gasteiger charge is -2.07. The van der Waals surface area contributed by atoms with Crippen molar-refractivity contribution in [3.8, 4) is 0 Å². The number of rotatable bonds is 4. The maximum absolute atomic E-state index is 9.09. The van der Waals surface area contributed by atoms with E-state index in [2.05, 4.69) is 13.8 Å². The summed E-state index contributed by atoms with van der Waals surface area (Å²) >= 11 is 0. The van der Waals surface area contributed by atoms with Gasteiger partial charge in [-0.25, -0.2) is 0 Å². The highest BCUT2D eigenvalue weighted by Crippen LogP contribution is 2.09. The topological polar surface area (TPSA) is 20.2 Å². The van der Waals surface area contributed by atoms with Crippen molar-refractivity contribution in [3.05, 3.63) is 5.92 Å². The molecule has 1 heteroatoms. The summed E-state index contributed by atoms with van der Waals surface area (Å²) < 4.78 is 0. The van der Waals surface area contributed by atoms with Crippen molar-refractivity contribution in [3.63, 3.8) is 0 Å². The lowest BCUT2D eigenvalue weighted by molar-refractivity contribution is 0.159. The molecular formula is C8H17O. The lowest BCUT2D eigenvalue weighted by atomic mass is 10.0. The lowest BCUT2D eigenvalue weighted by Crippen LogP contribution is -2.04. The molecule has 1 N–H and O–H groups in total. The second-order valence-electron chi connectivity index (χ2n) is 2.81. The third-order valence-corrected chi connectivity index (χ3v) is 1.45. The molecule has 1 radical (unpaired) electrons. The number of hydrogen-bond donors (Lipinski definition) is 1. The summed E-state index contributed by atoms with van der Waals surface area (Å²) in [7, 11) is 0. The van der Waals surface area contributed by atoms with Crippen LogP contribution in [0.1, 0.15) is 40.0 Å². The molecular weight excluding hydrogens is 112 g/mol. The van der Waals surface area contributed by atoms with Crippen LogP contribution in [-0.2, 0) is 0 Å². The maximum Gasteiger partial charge on any atom is 0.0537 e. The van der Waals surface area contributed by atoms with Crippen molar-refractivity contribution in [2.24, 2.45) is 0 Å². The first kappa shape index (κ1) is 8.96. The van der Waals surface area contributed by atoms with Gasteiger partial charge in [0.05, 0.1) is 6.10 Å². The summed E-state index contributed by atoms with van der Waals surface area (Å²) in [5.74, 6) is 1.41. The van der Waals surface area contributed by atoms with Crippen LogP contribution >= 0.6 is 0 Å². The van der Waals surface area contributed by atoms with Gasteiger partial charge in [0.2, 0.25) is 0 Å². The van der Waals surface area contributed by atoms with E-state index in [9.17, 15) is 0 Å². The number of hydrogen-bond acceptors (Lipinski definition) is 1. The minimum absolute atomic E-state index is 0.0834. The van der Waals surface area contributed by atoms with Crippen LogP contribution in [0.25, 0.3) is 0 Å². The van der Waals surface area contributed by atoms with Gasteiger partial charge in [-0.2, -0.15) is 0 Å². The molecule has 1 atom stereocenters. The first-order chi connectivity index (χ1) is 4.16. The van der Waals surface area contributed by atoms with Gasteiger partial charge in [0.1, 0.15) is 0 Å². The SMILES string of the molecule is CCC(O)CC[C](C)C. The second-order valence-corrected chi connectivity index (χ2v) is 2.81. The van der Waals surface area contributed by atoms with Gasteiger partial charge in [-0.05, 0) is 25.2 Å². The quantitative estimate of drug-likeness (QED) is 0.616. The van der Waals surface area contributed by atoms with E-state index in [-0.39, 0.29) is 6.10 Å². The van der Waals surface area contributed by atoms with Crippen LogP contribution in [0.2, 0.25) is 0 Å². The standard InChI is InChI=1S/C8H17O/c1-4-8(9)6-5-7(2)3/h8-9H,4-6H2,1-3H3. The van der Waals surface area contributed by atoms with Gasteiger partial charge in [-0.1, -0.05) is 20.8 Å². The highest BCUT2D eigenvalue weighted by molar-refractivity contribution is 4.77. The molecule has 1 nitrogen and oxygen atoms in total. The van der Waals surface area contributed by atoms with Crippen LogP contribution in [0.3, 0.4) is 0 Å². The van der Waals surface area contributed by atoms with Gasteiger partial charge in [-0.3, -0.25) is 0 Å². The van der Waals surface area contributed by atoms with Crippen molar-refractivity contribution in [2.75, 3.05) is 0 Å². The Kier molecular flexibility index (Phi) is 4.78. The summed E-state index contributed by atoms with van der Waals surface area (Å²) in [6.45, 7) is 6.21. The van der Waals surface area contributed by atoms with E-state index in [1.807, 2.05) is 6.92 Å². The summed E-state index contributed by atoms with van der Waals surface area (Å²) in [5.41, 5.74) is 0. The van der Waals surface area contributed by atoms with E-state index in [1.165, 1.54) is 5.92 Å². The van der Waals surface area contributed by atoms with Crippen molar-refractivity contribution in [1.29, 1.82) is 0 Å². The molecule has 0 aliphatic heterocycles. The molecule has 0 amide bonds. The van der Waals surface area contributed by atoms with Gasteiger partial charge in [0.15, 0.2) is 0 Å². The Morgan fingerprint density at radius 2 is 2.00 bits per heavy atom. The largest absolute Gasteiger partial charge is 0.393 e. The normalized spacial score (nSPS) is 14.3. The summed E-state index contributed by atoms with van der Waals surface area (Å²) in [6, 6.07) is 0. The van der Waals surface area contributed by atoms with Gasteiger partial charge >= 0.3 is 0 Å². The van der Waals surface area contributed by atoms with Crippen LogP contribution in [0, 0.1) is 5.92 Å². The molecule has 0 aliphatic rings. The van der Waals surface area contributed by atoms with E-state index in [0.717, 1.165) is 19.3 Å². The number of aliphatic hydroxyl groups is 1. The molecule has 0 heterocycles. The second kappa shape index (κ2) is 4.80. The van der Waals surface area contributed by atoms with Crippen LogP contribution < -0.4 is 0 Å². The van der Waals surface area contributed by atoms with Gasteiger partial charge in [-0.15, -0.1) is 0 Å². The molecule has 0 saturated carbocycles. The Morgan fingerprint density at radius 3 is 2.33 bits per heavy atom. The van der Waals surface area contributed by atoms with Gasteiger partial charge in [0, 0.05) is 0 Å². The Bertz CT molecular complexity index is 59.6. The van der Waals surface area contributed by atoms with E-state index in [0.29, 0.717) is 0 Å². The maximum atomic E-state index is 9.09. The van der Waals surface area contributed by atoms with E-state index >= 15 is 0 Å². The predicted molar refractivity (Wildman–Crippen MR) is 40.1 cm³/mol. The monoisotopic (exact) mass is 129 g/mol. The zero-order valence-corrected chi connectivity index (χ0v) is 6.65. The molecule has 0 bridgehead atoms. The minimum atomic E-state index is -0.0834. The first-order valence-electron chi connectivity index (χ1n) is 3.64. The van der Waals surface area contributed by atoms with Crippen LogP contribution in [0.5, 0.6) is 0 Å². The predicted octanol–water partition coefficient (Wildman–Crippen LogP) is 2.15. The smallest absolute Gasteiger partial charge is 0.0537 e. The number of aliphatic hydroxyl groups excluding tert-OH is 1. The molecule has 0 rings (SSSR count). The summed E-state index contributed by atoms with van der Waals surface area (Å²) in [4.78, 5) is 0. The Hall–Kier alpha value is -0.0400. The molecule has 9 heavy (non-hydrogen) atoms. The zero-order valence-electron chi connectivity index (χ0n) is 6.65. The zero-order chi connectivity index (χ0) is 7.28. The highest BCUT2D eigenvalue weighted by atomic mass is 16.3. The Labute approximate surface area is 58.1 Å². The molecule has 55 valence electrons. The molecule has 0 aromatic carbocycles. The van der Waals surface area contributed by atoms with Crippen LogP contribution in [0.15, 0.2) is 0 Å². The Morgan fingerprint density at radius 1 is 1.44 bits per heavy atom. The fourth-order valence-electron chi connectivity index (χ4n) is 0.659. The van der Waals surface area contributed by atoms with E-state index in [4.69, 9.17) is 5.11 Å². The molecule has 0 aliphatic carbocycles. The van der Waals surface area contributed by atoms with Crippen LogP contribution in [0.4, 0.5) is 0 Å². The van der Waals surface area contributed by atoms with Crippen molar-refractivity contribution in [2.45, 2.75) is 46.1 Å². The fraction of sp³-hybridized carbons (Fsp3) is 0.875. The molecule has 0 aromatic heterocycles. The van der Waals surface area contributed by atoms with Crippen LogP contribution in [-0.4, -0.2) is 11.2 Å². The highest BCUT2D eigenvalue weighted by Gasteiger charge is 2.01. The summed E-state index contributed by atoms with van der Waals surface area (Å²) in [6.07, 6.45) is 2.79. The molecule has 0 aromatic rings. The van der Waals surface area contributed by atoms with Gasteiger partial charge < -0.3 is 5.11 Å². The molecule has 0 saturated heterocycles. The van der Waals surface area contributed by atoms with E-state index in [1.54, 1.807) is 0 Å². The van der Waals surface area contributed by atoms with Crippen molar-refractivity contribution in [1.82, 2.24) is 0 Å². The first-order valence-corrected chi connectivity index (χ1v) is 3.64. The third-order valence-electron chi connectivity index (χ3n) is 1.45. The fourth-order valence-corrected chi connectivity index (χ4v) is 0.659. The van der Waals surface area contributed by atoms with E-state index < -0.39 is 0 Å².